The number of nitrogens with one attached hydrogen (secondary N) is 1. The van der Waals surface area contributed by atoms with Crippen LogP contribution in [-0.4, -0.2) is 37.6 Å². The van der Waals surface area contributed by atoms with Gasteiger partial charge >= 0.3 is 0 Å². The molecule has 4 rings (SSSR count). The molecule has 1 amide bonds. The summed E-state index contributed by atoms with van der Waals surface area (Å²) >= 11 is 0. The summed E-state index contributed by atoms with van der Waals surface area (Å²) in [5.41, 5.74) is 6.71. The van der Waals surface area contributed by atoms with E-state index in [9.17, 15) is 4.79 Å². The van der Waals surface area contributed by atoms with Gasteiger partial charge in [0.15, 0.2) is 0 Å². The lowest BCUT2D eigenvalue weighted by molar-refractivity contribution is -0.115. The minimum absolute atomic E-state index is 0.0259. The van der Waals surface area contributed by atoms with Crippen molar-refractivity contribution in [3.8, 4) is 5.75 Å². The van der Waals surface area contributed by atoms with Gasteiger partial charge in [0.2, 0.25) is 5.91 Å². The lowest BCUT2D eigenvalue weighted by atomic mass is 9.89. The molecule has 0 spiro atoms. The second-order valence-electron chi connectivity index (χ2n) is 9.86. The molecule has 1 fully saturated rings. The third kappa shape index (κ3) is 7.08. The highest BCUT2D eigenvalue weighted by Gasteiger charge is 2.21. The van der Waals surface area contributed by atoms with Gasteiger partial charge in [-0.3, -0.25) is 4.79 Å². The van der Waals surface area contributed by atoms with E-state index in [0.717, 1.165) is 73.5 Å². The largest absolute Gasteiger partial charge is 0.496 e. The number of benzene rings is 3. The van der Waals surface area contributed by atoms with E-state index < -0.39 is 0 Å². The number of nitrogens with zero attached hydrogens (tertiary/aromatic N) is 1. The van der Waals surface area contributed by atoms with E-state index in [0.29, 0.717) is 12.3 Å². The fraction of sp³-hybridized carbons (Fsp3) is 0.344. The number of likely N-dealkylation sites (tertiary alicyclic amines) is 1. The number of anilines is 1. The molecule has 36 heavy (non-hydrogen) atoms. The van der Waals surface area contributed by atoms with Crippen molar-refractivity contribution in [2.75, 3.05) is 32.1 Å². The van der Waals surface area contributed by atoms with Gasteiger partial charge in [-0.1, -0.05) is 61.2 Å². The molecule has 0 atom stereocenters. The van der Waals surface area contributed by atoms with E-state index in [2.05, 4.69) is 60.1 Å². The average molecular weight is 483 g/mol. The first-order valence-electron chi connectivity index (χ1n) is 13.0. The first-order chi connectivity index (χ1) is 17.5. The molecule has 0 bridgehead atoms. The predicted molar refractivity (Wildman–Crippen MR) is 150 cm³/mol. The summed E-state index contributed by atoms with van der Waals surface area (Å²) in [6, 6.07) is 24.6. The Bertz CT molecular complexity index is 1160. The molecule has 1 N–H and O–H groups in total. The minimum atomic E-state index is 0.0259. The minimum Gasteiger partial charge on any atom is -0.496 e. The highest BCUT2D eigenvalue weighted by Crippen LogP contribution is 2.31. The fourth-order valence-corrected chi connectivity index (χ4v) is 5.09. The Kier molecular flexibility index (Phi) is 8.96. The highest BCUT2D eigenvalue weighted by atomic mass is 16.5. The summed E-state index contributed by atoms with van der Waals surface area (Å²) < 4.78 is 5.56. The van der Waals surface area contributed by atoms with Crippen LogP contribution in [0.15, 0.2) is 79.4 Å². The van der Waals surface area contributed by atoms with E-state index in [1.165, 1.54) is 11.1 Å². The van der Waals surface area contributed by atoms with Gasteiger partial charge in [-0.05, 0) is 98.6 Å². The van der Waals surface area contributed by atoms with Crippen LogP contribution in [-0.2, 0) is 11.2 Å². The van der Waals surface area contributed by atoms with E-state index >= 15 is 0 Å². The summed E-state index contributed by atoms with van der Waals surface area (Å²) in [6.07, 6.45) is 4.77. The normalized spacial score (nSPS) is 14.4. The van der Waals surface area contributed by atoms with Crippen LogP contribution in [0.1, 0.15) is 53.9 Å². The number of piperidine rings is 1. The first-order valence-corrected chi connectivity index (χ1v) is 13.0. The number of allylic oxidation sites excluding steroid dienone is 1. The maximum atomic E-state index is 12.5. The third-order valence-electron chi connectivity index (χ3n) is 7.13. The molecule has 188 valence electrons. The number of rotatable bonds is 10. The molecule has 4 nitrogen and oxygen atoms in total. The molecule has 0 aliphatic carbocycles. The van der Waals surface area contributed by atoms with Crippen LogP contribution < -0.4 is 10.1 Å². The zero-order valence-electron chi connectivity index (χ0n) is 21.6. The average Bonchev–Trinajstić information content (AvgIpc) is 2.89. The third-order valence-corrected chi connectivity index (χ3v) is 7.13. The zero-order chi connectivity index (χ0) is 25.3. The molecule has 0 unspecified atom stereocenters. The second kappa shape index (κ2) is 12.5. The molecule has 1 heterocycles. The number of ether oxygens (including phenoxy) is 1. The lowest BCUT2D eigenvalue weighted by Crippen LogP contribution is -2.33. The first kappa shape index (κ1) is 25.7. The van der Waals surface area contributed by atoms with Crippen molar-refractivity contribution in [2.24, 2.45) is 0 Å². The van der Waals surface area contributed by atoms with Crippen molar-refractivity contribution in [1.82, 2.24) is 4.90 Å². The Morgan fingerprint density at radius 1 is 1.03 bits per heavy atom. The van der Waals surface area contributed by atoms with Crippen LogP contribution in [0.5, 0.6) is 5.75 Å². The number of carbonyl (C=O) groups excluding carboxylic acids is 1. The van der Waals surface area contributed by atoms with Crippen LogP contribution in [0.3, 0.4) is 0 Å². The number of hydrogen-bond acceptors (Lipinski definition) is 3. The monoisotopic (exact) mass is 482 g/mol. The van der Waals surface area contributed by atoms with Crippen LogP contribution in [0.25, 0.3) is 5.57 Å². The summed E-state index contributed by atoms with van der Waals surface area (Å²) in [6.45, 7) is 9.71. The van der Waals surface area contributed by atoms with Gasteiger partial charge in [-0.15, -0.1) is 0 Å². The molecular formula is C32H38N2O2. The Morgan fingerprint density at radius 3 is 2.56 bits per heavy atom. The molecule has 1 saturated heterocycles. The summed E-state index contributed by atoms with van der Waals surface area (Å²) in [5, 5.41) is 3.08. The standard InChI is InChI=1S/C32H38N2O2/c1-24-14-15-30(31(21-24)36-3)25(2)9-8-18-34-19-16-27(17-20-34)28-12-7-13-29(23-28)33-32(35)22-26-10-5-4-6-11-26/h4-7,10-15,21,23,27H,2,8-9,16-20,22H2,1,3H3,(H,33,35). The molecule has 3 aromatic carbocycles. The van der Waals surface area contributed by atoms with Crippen molar-refractivity contribution < 1.29 is 9.53 Å². The Hall–Kier alpha value is -3.37. The van der Waals surface area contributed by atoms with E-state index in [-0.39, 0.29) is 5.91 Å². The smallest absolute Gasteiger partial charge is 0.228 e. The molecule has 0 saturated carbocycles. The quantitative estimate of drug-likeness (QED) is 0.343. The number of methoxy groups -OCH3 is 1. The number of hydrogen-bond donors (Lipinski definition) is 1. The van der Waals surface area contributed by atoms with Crippen molar-refractivity contribution in [3.05, 3.63) is 102 Å². The SMILES string of the molecule is C=C(CCCN1CCC(c2cccc(NC(=O)Cc3ccccc3)c2)CC1)c1ccc(C)cc1OC. The lowest BCUT2D eigenvalue weighted by Gasteiger charge is -2.32. The van der Waals surface area contributed by atoms with Gasteiger partial charge in [0, 0.05) is 11.3 Å². The van der Waals surface area contributed by atoms with Gasteiger partial charge in [-0.25, -0.2) is 0 Å². The molecule has 4 heteroatoms. The van der Waals surface area contributed by atoms with Crippen LogP contribution in [0.4, 0.5) is 5.69 Å². The Morgan fingerprint density at radius 2 is 1.81 bits per heavy atom. The van der Waals surface area contributed by atoms with Gasteiger partial charge in [-0.2, -0.15) is 0 Å². The number of amides is 1. The second-order valence-corrected chi connectivity index (χ2v) is 9.86. The highest BCUT2D eigenvalue weighted by molar-refractivity contribution is 5.92. The Labute approximate surface area is 216 Å². The topological polar surface area (TPSA) is 41.6 Å². The van der Waals surface area contributed by atoms with Gasteiger partial charge in [0.05, 0.1) is 13.5 Å². The molecule has 3 aromatic rings. The van der Waals surface area contributed by atoms with Crippen LogP contribution in [0, 0.1) is 6.92 Å². The summed E-state index contributed by atoms with van der Waals surface area (Å²) in [5.74, 6) is 1.48. The van der Waals surface area contributed by atoms with E-state index in [4.69, 9.17) is 4.74 Å². The van der Waals surface area contributed by atoms with E-state index in [1.807, 2.05) is 36.4 Å². The zero-order valence-corrected chi connectivity index (χ0v) is 21.6. The van der Waals surface area contributed by atoms with Crippen LogP contribution in [0.2, 0.25) is 0 Å². The van der Waals surface area contributed by atoms with Crippen molar-refractivity contribution >= 4 is 17.2 Å². The summed E-state index contributed by atoms with van der Waals surface area (Å²) in [4.78, 5) is 15.0. The van der Waals surface area contributed by atoms with Crippen molar-refractivity contribution in [2.45, 2.75) is 44.9 Å². The fourth-order valence-electron chi connectivity index (χ4n) is 5.09. The maximum Gasteiger partial charge on any atom is 0.228 e. The van der Waals surface area contributed by atoms with Crippen molar-refractivity contribution in [1.29, 1.82) is 0 Å². The van der Waals surface area contributed by atoms with Crippen molar-refractivity contribution in [3.63, 3.8) is 0 Å². The molecule has 0 radical (unpaired) electrons. The predicted octanol–water partition coefficient (Wildman–Crippen LogP) is 6.86. The molecule has 1 aliphatic heterocycles. The van der Waals surface area contributed by atoms with Gasteiger partial charge in [0.25, 0.3) is 0 Å². The Balaban J connectivity index is 1.22. The maximum absolute atomic E-state index is 12.5. The molecule has 0 aromatic heterocycles. The van der Waals surface area contributed by atoms with Gasteiger partial charge in [0.1, 0.15) is 5.75 Å². The van der Waals surface area contributed by atoms with Gasteiger partial charge < -0.3 is 15.0 Å². The van der Waals surface area contributed by atoms with Crippen LogP contribution >= 0.6 is 0 Å². The van der Waals surface area contributed by atoms with E-state index in [1.54, 1.807) is 7.11 Å². The molecular weight excluding hydrogens is 444 g/mol. The number of aryl methyl sites for hydroxylation is 1. The molecule has 1 aliphatic rings. The summed E-state index contributed by atoms with van der Waals surface area (Å²) in [7, 11) is 1.73. The number of carbonyl (C=O) groups is 1.